The first-order chi connectivity index (χ1) is 21.8. The van der Waals surface area contributed by atoms with Gasteiger partial charge in [-0.2, -0.15) is 9.97 Å². The van der Waals surface area contributed by atoms with Crippen molar-refractivity contribution < 1.29 is 32.5 Å². The van der Waals surface area contributed by atoms with E-state index in [-0.39, 0.29) is 46.6 Å². The molecular weight excluding hydrogens is 585 g/mol. The first-order valence-electron chi connectivity index (χ1n) is 15.1. The average molecular weight is 619 g/mol. The zero-order valence-corrected chi connectivity index (χ0v) is 24.9. The molecule has 3 unspecified atom stereocenters. The lowest BCUT2D eigenvalue weighted by Crippen LogP contribution is -2.48. The van der Waals surface area contributed by atoms with Gasteiger partial charge in [0, 0.05) is 43.0 Å². The Morgan fingerprint density at radius 3 is 2.84 bits per heavy atom. The molecule has 234 valence electrons. The molecule has 1 N–H and O–H groups in total. The van der Waals surface area contributed by atoms with Crippen molar-refractivity contribution in [1.29, 1.82) is 0 Å². The monoisotopic (exact) mass is 618 g/mol. The van der Waals surface area contributed by atoms with E-state index in [1.165, 1.54) is 24.3 Å². The fourth-order valence-corrected chi connectivity index (χ4v) is 7.31. The van der Waals surface area contributed by atoms with E-state index in [0.717, 1.165) is 19.4 Å². The van der Waals surface area contributed by atoms with Gasteiger partial charge in [0.25, 0.3) is 0 Å². The van der Waals surface area contributed by atoms with Crippen LogP contribution in [0.4, 0.5) is 19.0 Å². The van der Waals surface area contributed by atoms with Crippen LogP contribution in [0.3, 0.4) is 0 Å². The number of aromatic nitrogens is 2. The molecule has 3 aliphatic heterocycles. The van der Waals surface area contributed by atoms with Gasteiger partial charge in [-0.1, -0.05) is 18.1 Å². The van der Waals surface area contributed by atoms with Gasteiger partial charge in [0.2, 0.25) is 0 Å². The summed E-state index contributed by atoms with van der Waals surface area (Å²) in [6.45, 7) is 3.01. The number of fused-ring (bicyclic) bond motifs is 3. The second-order valence-electron chi connectivity index (χ2n) is 12.1. The second-order valence-corrected chi connectivity index (χ2v) is 12.1. The lowest BCUT2D eigenvalue weighted by atomic mass is 9.93. The molecule has 3 fully saturated rings. The van der Waals surface area contributed by atoms with Gasteiger partial charge in [0.05, 0.1) is 37.0 Å². The van der Waals surface area contributed by atoms with Crippen molar-refractivity contribution in [2.45, 2.75) is 37.0 Å². The highest BCUT2D eigenvalue weighted by molar-refractivity contribution is 6.04. The largest absolute Gasteiger partial charge is 0.508 e. The third-order valence-corrected chi connectivity index (χ3v) is 9.34. The van der Waals surface area contributed by atoms with Crippen LogP contribution in [-0.2, 0) is 9.47 Å². The van der Waals surface area contributed by atoms with Crippen LogP contribution < -0.4 is 9.64 Å². The Hall–Kier alpha value is -4.11. The number of phenolic OH excluding ortho intramolecular Hbond substituents is 1. The van der Waals surface area contributed by atoms with Crippen LogP contribution in [0.15, 0.2) is 36.4 Å². The second kappa shape index (κ2) is 11.7. The molecule has 4 aromatic rings. The zero-order valence-electron chi connectivity index (χ0n) is 24.9. The maximum atomic E-state index is 16.8. The number of alkyl halides is 1. The number of methoxy groups -OCH3 is 1. The maximum Gasteiger partial charge on any atom is 0.319 e. The lowest BCUT2D eigenvalue weighted by molar-refractivity contribution is 0.0597. The number of phenols is 1. The predicted octanol–water partition coefficient (Wildman–Crippen LogP) is 5.22. The fraction of sp³-hybridized carbons (Fsp3) is 0.412. The van der Waals surface area contributed by atoms with Crippen LogP contribution in [0.25, 0.3) is 32.8 Å². The molecule has 4 heterocycles. The standard InChI is InChI=1S/C34H33F3N4O4/c1-3-24-28(36)8-5-20-13-23(42)14-27(29(20)24)25-6-7-26-31(30(25)37)38-33(39-32(26)41-11-12-44-18-22(41)17-43-2)45-19-34-9-4-10-40(34)16-21(35)15-34/h1,5-8,13-14,21-22,42H,4,9-12,15-19H2,2H3. The van der Waals surface area contributed by atoms with Crippen molar-refractivity contribution in [2.24, 2.45) is 0 Å². The molecule has 11 heteroatoms. The first kappa shape index (κ1) is 29.6. The molecule has 0 aliphatic carbocycles. The maximum absolute atomic E-state index is 16.8. The summed E-state index contributed by atoms with van der Waals surface area (Å²) in [5, 5.41) is 11.7. The molecule has 0 amide bonds. The number of morpholine rings is 1. The van der Waals surface area contributed by atoms with Gasteiger partial charge in [0.1, 0.15) is 35.7 Å². The van der Waals surface area contributed by atoms with Crippen molar-refractivity contribution in [3.8, 4) is 35.2 Å². The summed E-state index contributed by atoms with van der Waals surface area (Å²) in [5.41, 5.74) is -0.197. The van der Waals surface area contributed by atoms with E-state index in [1.807, 2.05) is 4.90 Å². The number of hydrogen-bond acceptors (Lipinski definition) is 8. The average Bonchev–Trinajstić information content (AvgIpc) is 3.56. The summed E-state index contributed by atoms with van der Waals surface area (Å²) in [6.07, 6.45) is 6.86. The first-order valence-corrected chi connectivity index (χ1v) is 15.1. The molecule has 3 atom stereocenters. The molecule has 45 heavy (non-hydrogen) atoms. The molecule has 0 bridgehead atoms. The molecule has 3 aliphatic rings. The van der Waals surface area contributed by atoms with Crippen molar-refractivity contribution in [3.63, 3.8) is 0 Å². The molecule has 0 spiro atoms. The number of nitrogens with zero attached hydrogens (tertiary/aromatic N) is 4. The molecule has 3 aromatic carbocycles. The van der Waals surface area contributed by atoms with E-state index in [9.17, 15) is 13.9 Å². The minimum Gasteiger partial charge on any atom is -0.508 e. The summed E-state index contributed by atoms with van der Waals surface area (Å²) < 4.78 is 63.5. The van der Waals surface area contributed by atoms with E-state index < -0.39 is 23.3 Å². The highest BCUT2D eigenvalue weighted by atomic mass is 19.1. The van der Waals surface area contributed by atoms with Gasteiger partial charge in [0.15, 0.2) is 5.82 Å². The Morgan fingerprint density at radius 1 is 1.16 bits per heavy atom. The van der Waals surface area contributed by atoms with E-state index in [0.29, 0.717) is 61.3 Å². The lowest BCUT2D eigenvalue weighted by Gasteiger charge is -2.36. The third kappa shape index (κ3) is 5.11. The van der Waals surface area contributed by atoms with Crippen LogP contribution in [0, 0.1) is 24.0 Å². The van der Waals surface area contributed by atoms with E-state index in [1.54, 1.807) is 19.2 Å². The molecule has 1 aromatic heterocycles. The molecule has 7 rings (SSSR count). The highest BCUT2D eigenvalue weighted by Gasteiger charge is 2.49. The number of aromatic hydroxyl groups is 1. The van der Waals surface area contributed by atoms with Crippen molar-refractivity contribution in [2.75, 3.05) is 58.1 Å². The topological polar surface area (TPSA) is 80.2 Å². The van der Waals surface area contributed by atoms with Crippen LogP contribution >= 0.6 is 0 Å². The van der Waals surface area contributed by atoms with Gasteiger partial charge in [-0.25, -0.2) is 13.2 Å². The molecular formula is C34H33F3N4O4. The summed E-state index contributed by atoms with van der Waals surface area (Å²) in [6, 6.07) is 8.57. The van der Waals surface area contributed by atoms with Crippen molar-refractivity contribution in [1.82, 2.24) is 14.9 Å². The van der Waals surface area contributed by atoms with Gasteiger partial charge in [-0.3, -0.25) is 4.90 Å². The van der Waals surface area contributed by atoms with Gasteiger partial charge in [-0.15, -0.1) is 6.42 Å². The van der Waals surface area contributed by atoms with Gasteiger partial charge in [-0.05, 0) is 54.6 Å². The van der Waals surface area contributed by atoms with Gasteiger partial charge < -0.3 is 24.2 Å². The molecule has 0 radical (unpaired) electrons. The summed E-state index contributed by atoms with van der Waals surface area (Å²) in [4.78, 5) is 13.5. The molecule has 3 saturated heterocycles. The Kier molecular flexibility index (Phi) is 7.68. The Morgan fingerprint density at radius 2 is 2.02 bits per heavy atom. The number of rotatable bonds is 7. The number of hydrogen-bond donors (Lipinski definition) is 1. The fourth-order valence-electron chi connectivity index (χ4n) is 7.31. The summed E-state index contributed by atoms with van der Waals surface area (Å²) in [5.74, 6) is 1.38. The van der Waals surface area contributed by atoms with E-state index in [4.69, 9.17) is 25.6 Å². The number of anilines is 1. The number of ether oxygens (including phenoxy) is 3. The predicted molar refractivity (Wildman–Crippen MR) is 164 cm³/mol. The minimum absolute atomic E-state index is 0.0131. The van der Waals surface area contributed by atoms with Crippen molar-refractivity contribution >= 4 is 27.5 Å². The number of benzene rings is 3. The molecule has 0 saturated carbocycles. The quantitative estimate of drug-likeness (QED) is 0.283. The van der Waals surface area contributed by atoms with E-state index >= 15 is 4.39 Å². The highest BCUT2D eigenvalue weighted by Crippen LogP contribution is 2.42. The Labute approximate surface area is 258 Å². The van der Waals surface area contributed by atoms with E-state index in [2.05, 4.69) is 15.8 Å². The van der Waals surface area contributed by atoms with Crippen LogP contribution in [0.5, 0.6) is 11.8 Å². The number of halogens is 3. The smallest absolute Gasteiger partial charge is 0.319 e. The van der Waals surface area contributed by atoms with Gasteiger partial charge >= 0.3 is 6.01 Å². The van der Waals surface area contributed by atoms with Crippen LogP contribution in [-0.4, -0.2) is 90.9 Å². The Bertz CT molecular complexity index is 1830. The third-order valence-electron chi connectivity index (χ3n) is 9.34. The Balaban J connectivity index is 1.39. The van der Waals surface area contributed by atoms with Crippen LogP contribution in [0.1, 0.15) is 24.8 Å². The van der Waals surface area contributed by atoms with Crippen molar-refractivity contribution in [3.05, 3.63) is 53.6 Å². The summed E-state index contributed by atoms with van der Waals surface area (Å²) >= 11 is 0. The molecule has 8 nitrogen and oxygen atoms in total. The zero-order chi connectivity index (χ0) is 31.3. The summed E-state index contributed by atoms with van der Waals surface area (Å²) in [7, 11) is 1.60. The normalized spacial score (nSPS) is 23.5. The minimum atomic E-state index is -0.931. The van der Waals surface area contributed by atoms with Crippen LogP contribution in [0.2, 0.25) is 0 Å². The number of terminal acetylenes is 1. The SMILES string of the molecule is C#Cc1c(F)ccc2cc(O)cc(-c3ccc4c(N5CCOCC5COC)nc(OCC56CCCN5CC(F)C6)nc4c3F)c12.